The summed E-state index contributed by atoms with van der Waals surface area (Å²) in [5, 5.41) is 3.05. The smallest absolute Gasteiger partial charge is 0.255 e. The summed E-state index contributed by atoms with van der Waals surface area (Å²) in [4.78, 5) is 15.0. The van der Waals surface area contributed by atoms with Gasteiger partial charge in [0.25, 0.3) is 5.91 Å². The predicted molar refractivity (Wildman–Crippen MR) is 107 cm³/mol. The molecule has 0 aliphatic carbocycles. The van der Waals surface area contributed by atoms with Crippen LogP contribution in [0, 0.1) is 13.8 Å². The number of nitrogens with zero attached hydrogens (tertiary/aromatic N) is 1. The number of carbonyl (C=O) groups is 1. The van der Waals surface area contributed by atoms with Gasteiger partial charge in [-0.1, -0.05) is 36.8 Å². The molecule has 3 nitrogen and oxygen atoms in total. The van der Waals surface area contributed by atoms with Crippen LogP contribution in [0.4, 0.5) is 5.69 Å². The van der Waals surface area contributed by atoms with Crippen LogP contribution in [0.25, 0.3) is 0 Å². The molecule has 1 aliphatic rings. The van der Waals surface area contributed by atoms with Crippen LogP contribution in [0.3, 0.4) is 0 Å². The van der Waals surface area contributed by atoms with E-state index in [0.29, 0.717) is 5.56 Å². The normalized spacial score (nSPS) is 14.6. The number of aryl methyl sites for hydroxylation is 2. The predicted octanol–water partition coefficient (Wildman–Crippen LogP) is 4.96. The second-order valence-corrected chi connectivity index (χ2v) is 6.75. The van der Waals surface area contributed by atoms with Gasteiger partial charge < -0.3 is 5.32 Å². The van der Waals surface area contributed by atoms with Crippen molar-refractivity contribution in [3.05, 3.63) is 64.7 Å². The molecule has 0 bridgehead atoms. The molecule has 1 aliphatic heterocycles. The summed E-state index contributed by atoms with van der Waals surface area (Å²) in [6.45, 7) is 7.40. The first-order valence-corrected chi connectivity index (χ1v) is 8.82. The zero-order valence-corrected chi connectivity index (χ0v) is 15.9. The lowest BCUT2D eigenvalue weighted by atomic mass is 10.1. The van der Waals surface area contributed by atoms with E-state index >= 15 is 0 Å². The van der Waals surface area contributed by atoms with Crippen molar-refractivity contribution in [1.82, 2.24) is 4.90 Å². The number of benzene rings is 2. The Kier molecular flexibility index (Phi) is 7.03. The molecule has 0 atom stereocenters. The third-order valence-corrected chi connectivity index (χ3v) is 4.79. The Balaban J connectivity index is 0.00000225. The van der Waals surface area contributed by atoms with Crippen LogP contribution in [0.1, 0.15) is 46.3 Å². The highest BCUT2D eigenvalue weighted by Crippen LogP contribution is 2.20. The van der Waals surface area contributed by atoms with E-state index in [-0.39, 0.29) is 18.3 Å². The molecule has 0 aromatic heterocycles. The zero-order chi connectivity index (χ0) is 16.9. The molecule has 4 heteroatoms. The van der Waals surface area contributed by atoms with Gasteiger partial charge in [0.1, 0.15) is 0 Å². The number of hydrogen-bond donors (Lipinski definition) is 1. The van der Waals surface area contributed by atoms with E-state index in [1.165, 1.54) is 37.9 Å². The van der Waals surface area contributed by atoms with E-state index in [4.69, 9.17) is 0 Å². The van der Waals surface area contributed by atoms with Crippen molar-refractivity contribution in [2.45, 2.75) is 39.7 Å². The standard InChI is InChI=1S/C21H26N2O.ClH/c1-16-7-6-8-17(2)20(16)22-21(24)19-11-9-18(10-12-19)15-23-13-4-3-5-14-23;/h6-12H,3-5,13-15H2,1-2H3,(H,22,24);1H. The number of anilines is 1. The molecule has 2 aromatic carbocycles. The molecule has 0 spiro atoms. The maximum Gasteiger partial charge on any atom is 0.255 e. The number of piperidine rings is 1. The second-order valence-electron chi connectivity index (χ2n) is 6.75. The van der Waals surface area contributed by atoms with Crippen LogP contribution < -0.4 is 5.32 Å². The van der Waals surface area contributed by atoms with E-state index in [1.807, 2.05) is 44.2 Å². The molecule has 3 rings (SSSR count). The van der Waals surface area contributed by atoms with Crippen LogP contribution in [-0.2, 0) is 6.54 Å². The van der Waals surface area contributed by atoms with Gasteiger partial charge in [-0.05, 0) is 68.6 Å². The fraction of sp³-hybridized carbons (Fsp3) is 0.381. The molecule has 134 valence electrons. The van der Waals surface area contributed by atoms with E-state index in [2.05, 4.69) is 22.3 Å². The van der Waals surface area contributed by atoms with Gasteiger partial charge >= 0.3 is 0 Å². The van der Waals surface area contributed by atoms with Crippen molar-refractivity contribution in [2.75, 3.05) is 18.4 Å². The Hall–Kier alpha value is -1.84. The fourth-order valence-corrected chi connectivity index (χ4v) is 3.33. The zero-order valence-electron chi connectivity index (χ0n) is 15.0. The molecular weight excluding hydrogens is 332 g/mol. The fourth-order valence-electron chi connectivity index (χ4n) is 3.33. The molecule has 1 saturated heterocycles. The first kappa shape index (κ1) is 19.5. The highest BCUT2D eigenvalue weighted by molar-refractivity contribution is 6.05. The summed E-state index contributed by atoms with van der Waals surface area (Å²) in [5.41, 5.74) is 5.08. The van der Waals surface area contributed by atoms with Gasteiger partial charge in [0.05, 0.1) is 0 Å². The third kappa shape index (κ3) is 5.07. The summed E-state index contributed by atoms with van der Waals surface area (Å²) >= 11 is 0. The Bertz CT molecular complexity index is 686. The van der Waals surface area contributed by atoms with Gasteiger partial charge in [-0.2, -0.15) is 0 Å². The Labute approximate surface area is 156 Å². The molecule has 0 unspecified atom stereocenters. The third-order valence-electron chi connectivity index (χ3n) is 4.79. The van der Waals surface area contributed by atoms with Gasteiger partial charge in [0.2, 0.25) is 0 Å². The number of likely N-dealkylation sites (tertiary alicyclic amines) is 1. The largest absolute Gasteiger partial charge is 0.322 e. The number of para-hydroxylation sites is 1. The minimum Gasteiger partial charge on any atom is -0.322 e. The van der Waals surface area contributed by atoms with Gasteiger partial charge in [-0.3, -0.25) is 9.69 Å². The molecule has 2 aromatic rings. The maximum atomic E-state index is 12.5. The summed E-state index contributed by atoms with van der Waals surface area (Å²) in [7, 11) is 0. The van der Waals surface area contributed by atoms with Crippen LogP contribution in [0.5, 0.6) is 0 Å². The molecule has 0 radical (unpaired) electrons. The van der Waals surface area contributed by atoms with Gasteiger partial charge in [0, 0.05) is 17.8 Å². The van der Waals surface area contributed by atoms with Gasteiger partial charge in [0.15, 0.2) is 0 Å². The molecule has 25 heavy (non-hydrogen) atoms. The van der Waals surface area contributed by atoms with Crippen molar-refractivity contribution in [3.63, 3.8) is 0 Å². The average molecular weight is 359 g/mol. The van der Waals surface area contributed by atoms with E-state index in [1.54, 1.807) is 0 Å². The Morgan fingerprint density at radius 2 is 1.56 bits per heavy atom. The van der Waals surface area contributed by atoms with Gasteiger partial charge in [-0.25, -0.2) is 0 Å². The van der Waals surface area contributed by atoms with Crippen molar-refractivity contribution >= 4 is 24.0 Å². The van der Waals surface area contributed by atoms with Crippen LogP contribution in [-0.4, -0.2) is 23.9 Å². The van der Waals surface area contributed by atoms with Crippen molar-refractivity contribution < 1.29 is 4.79 Å². The minimum atomic E-state index is -0.0445. The number of amides is 1. The summed E-state index contributed by atoms with van der Waals surface area (Å²) < 4.78 is 0. The highest BCUT2D eigenvalue weighted by atomic mass is 35.5. The molecule has 0 saturated carbocycles. The SMILES string of the molecule is Cc1cccc(C)c1NC(=O)c1ccc(CN2CCCCC2)cc1.Cl. The molecule has 1 fully saturated rings. The van der Waals surface area contributed by atoms with Crippen LogP contribution >= 0.6 is 12.4 Å². The number of hydrogen-bond acceptors (Lipinski definition) is 2. The number of carbonyl (C=O) groups excluding carboxylic acids is 1. The van der Waals surface area contributed by atoms with E-state index < -0.39 is 0 Å². The maximum absolute atomic E-state index is 12.5. The second kappa shape index (κ2) is 9.02. The first-order valence-electron chi connectivity index (χ1n) is 8.82. The highest BCUT2D eigenvalue weighted by Gasteiger charge is 2.12. The van der Waals surface area contributed by atoms with Crippen molar-refractivity contribution in [2.24, 2.45) is 0 Å². The molecule has 1 heterocycles. The molecular formula is C21H27ClN2O. The number of nitrogens with one attached hydrogen (secondary N) is 1. The Morgan fingerprint density at radius 1 is 0.960 bits per heavy atom. The minimum absolute atomic E-state index is 0. The number of rotatable bonds is 4. The molecule has 1 amide bonds. The van der Waals surface area contributed by atoms with E-state index in [0.717, 1.165) is 23.4 Å². The average Bonchev–Trinajstić information content (AvgIpc) is 2.60. The van der Waals surface area contributed by atoms with Crippen molar-refractivity contribution in [1.29, 1.82) is 0 Å². The number of halogens is 1. The van der Waals surface area contributed by atoms with Gasteiger partial charge in [-0.15, -0.1) is 12.4 Å². The first-order chi connectivity index (χ1) is 11.6. The quantitative estimate of drug-likeness (QED) is 0.837. The summed E-state index contributed by atoms with van der Waals surface area (Å²) in [6.07, 6.45) is 3.96. The lowest BCUT2D eigenvalue weighted by Crippen LogP contribution is -2.29. The summed E-state index contributed by atoms with van der Waals surface area (Å²) in [6, 6.07) is 14.1. The summed E-state index contributed by atoms with van der Waals surface area (Å²) in [5.74, 6) is -0.0445. The van der Waals surface area contributed by atoms with Crippen molar-refractivity contribution in [3.8, 4) is 0 Å². The molecule has 1 N–H and O–H groups in total. The van der Waals surface area contributed by atoms with Crippen LogP contribution in [0.15, 0.2) is 42.5 Å². The van der Waals surface area contributed by atoms with E-state index in [9.17, 15) is 4.79 Å². The lowest BCUT2D eigenvalue weighted by molar-refractivity contribution is 0.102. The monoisotopic (exact) mass is 358 g/mol. The topological polar surface area (TPSA) is 32.3 Å². The Morgan fingerprint density at radius 3 is 2.16 bits per heavy atom. The lowest BCUT2D eigenvalue weighted by Gasteiger charge is -2.26. The van der Waals surface area contributed by atoms with Crippen LogP contribution in [0.2, 0.25) is 0 Å².